The van der Waals surface area contributed by atoms with Crippen LogP contribution in [-0.2, 0) is 7.05 Å². The van der Waals surface area contributed by atoms with E-state index in [1.807, 2.05) is 24.5 Å². The Labute approximate surface area is 116 Å². The molecule has 0 fully saturated rings. The zero-order valence-corrected chi connectivity index (χ0v) is 12.2. The second-order valence-corrected chi connectivity index (χ2v) is 4.83. The molecule has 0 spiro atoms. The van der Waals surface area contributed by atoms with Crippen LogP contribution in [0.15, 0.2) is 23.1 Å². The summed E-state index contributed by atoms with van der Waals surface area (Å²) in [6.45, 7) is 0. The number of thioether (sulfide) groups is 1. The molecule has 102 valence electrons. The summed E-state index contributed by atoms with van der Waals surface area (Å²) in [6.07, 6.45) is 2.00. The van der Waals surface area contributed by atoms with Crippen LogP contribution < -0.4 is 15.2 Å². The lowest BCUT2D eigenvalue weighted by Gasteiger charge is -2.12. The molecule has 2 N–H and O–H groups in total. The highest BCUT2D eigenvalue weighted by Crippen LogP contribution is 2.39. The van der Waals surface area contributed by atoms with E-state index in [0.717, 1.165) is 27.7 Å². The molecule has 2 rings (SSSR count). The summed E-state index contributed by atoms with van der Waals surface area (Å²) in [5.74, 6) is 2.15. The van der Waals surface area contributed by atoms with Gasteiger partial charge in [0.2, 0.25) is 0 Å². The van der Waals surface area contributed by atoms with Gasteiger partial charge in [-0.1, -0.05) is 0 Å². The van der Waals surface area contributed by atoms with Crippen molar-refractivity contribution in [2.45, 2.75) is 4.90 Å². The van der Waals surface area contributed by atoms with E-state index in [0.29, 0.717) is 5.82 Å². The van der Waals surface area contributed by atoms with E-state index < -0.39 is 0 Å². The molecule has 1 heterocycles. The first-order valence-corrected chi connectivity index (χ1v) is 6.93. The van der Waals surface area contributed by atoms with Crippen LogP contribution in [0.5, 0.6) is 11.5 Å². The van der Waals surface area contributed by atoms with Crippen LogP contribution in [0.3, 0.4) is 0 Å². The number of rotatable bonds is 4. The number of anilines is 1. The summed E-state index contributed by atoms with van der Waals surface area (Å²) in [5.41, 5.74) is 7.45. The Balaban J connectivity index is 2.61. The van der Waals surface area contributed by atoms with Gasteiger partial charge in [-0.05, 0) is 18.4 Å². The van der Waals surface area contributed by atoms with Crippen LogP contribution in [0.25, 0.3) is 11.3 Å². The first-order chi connectivity index (χ1) is 9.10. The number of hydrogen-bond donors (Lipinski definition) is 1. The molecule has 0 amide bonds. The highest BCUT2D eigenvalue weighted by Gasteiger charge is 2.15. The van der Waals surface area contributed by atoms with Gasteiger partial charge in [0.05, 0.1) is 24.8 Å². The molecule has 0 aliphatic rings. The Morgan fingerprint density at radius 3 is 2.32 bits per heavy atom. The molecule has 0 atom stereocenters. The molecule has 0 bridgehead atoms. The zero-order valence-electron chi connectivity index (χ0n) is 11.4. The molecule has 0 radical (unpaired) electrons. The molecular formula is C13H17N3O2S. The Morgan fingerprint density at radius 1 is 1.16 bits per heavy atom. The van der Waals surface area contributed by atoms with Gasteiger partial charge >= 0.3 is 0 Å². The lowest BCUT2D eigenvalue weighted by Crippen LogP contribution is -1.97. The molecule has 19 heavy (non-hydrogen) atoms. The standard InChI is InChI=1S/C13H17N3O2S/c1-16-13(14)6-9(15-16)8-5-11(18-3)12(19-4)7-10(8)17-2/h5-7H,14H2,1-4H3. The zero-order chi connectivity index (χ0) is 14.0. The molecule has 6 heteroatoms. The third-order valence-electron chi connectivity index (χ3n) is 2.90. The highest BCUT2D eigenvalue weighted by molar-refractivity contribution is 7.98. The van der Waals surface area contributed by atoms with E-state index in [-0.39, 0.29) is 0 Å². The maximum atomic E-state index is 5.82. The SMILES string of the molecule is COc1cc(-c2cc(N)n(C)n2)c(OC)cc1SC. The van der Waals surface area contributed by atoms with Gasteiger partial charge < -0.3 is 15.2 Å². The largest absolute Gasteiger partial charge is 0.496 e. The third-order valence-corrected chi connectivity index (χ3v) is 3.66. The number of nitrogen functional groups attached to an aromatic ring is 1. The van der Waals surface area contributed by atoms with Crippen molar-refractivity contribution < 1.29 is 9.47 Å². The Hall–Kier alpha value is -1.82. The van der Waals surface area contributed by atoms with Crippen molar-refractivity contribution in [2.24, 2.45) is 7.05 Å². The van der Waals surface area contributed by atoms with Gasteiger partial charge in [-0.3, -0.25) is 4.68 Å². The number of nitrogens with two attached hydrogens (primary N) is 1. The van der Waals surface area contributed by atoms with Crippen LogP contribution in [0.4, 0.5) is 5.82 Å². The average Bonchev–Trinajstić information content (AvgIpc) is 2.76. The number of aryl methyl sites for hydroxylation is 1. The Morgan fingerprint density at radius 2 is 1.84 bits per heavy atom. The smallest absolute Gasteiger partial charge is 0.133 e. The van der Waals surface area contributed by atoms with E-state index >= 15 is 0 Å². The minimum Gasteiger partial charge on any atom is -0.496 e. The summed E-state index contributed by atoms with van der Waals surface area (Å²) >= 11 is 1.61. The van der Waals surface area contributed by atoms with E-state index in [9.17, 15) is 0 Å². The lowest BCUT2D eigenvalue weighted by atomic mass is 10.1. The predicted octanol–water partition coefficient (Wildman–Crippen LogP) is 2.41. The molecule has 0 unspecified atom stereocenters. The molecule has 1 aromatic carbocycles. The summed E-state index contributed by atoms with van der Waals surface area (Å²) < 4.78 is 12.5. The van der Waals surface area contributed by atoms with Crippen LogP contribution in [0.2, 0.25) is 0 Å². The fourth-order valence-corrected chi connectivity index (χ4v) is 2.41. The Kier molecular flexibility index (Phi) is 3.90. The average molecular weight is 279 g/mol. The molecule has 0 saturated carbocycles. The minimum absolute atomic E-state index is 0.602. The fraction of sp³-hybridized carbons (Fsp3) is 0.308. The first-order valence-electron chi connectivity index (χ1n) is 5.70. The number of aromatic nitrogens is 2. The van der Waals surface area contributed by atoms with Crippen molar-refractivity contribution in [3.8, 4) is 22.8 Å². The number of nitrogens with zero attached hydrogens (tertiary/aromatic N) is 2. The summed E-state index contributed by atoms with van der Waals surface area (Å²) in [6, 6.07) is 5.69. The van der Waals surface area contributed by atoms with E-state index in [1.165, 1.54) is 0 Å². The monoisotopic (exact) mass is 279 g/mol. The van der Waals surface area contributed by atoms with Crippen molar-refractivity contribution in [3.63, 3.8) is 0 Å². The fourth-order valence-electron chi connectivity index (χ4n) is 1.84. The van der Waals surface area contributed by atoms with E-state index in [2.05, 4.69) is 5.10 Å². The maximum absolute atomic E-state index is 5.82. The van der Waals surface area contributed by atoms with Crippen LogP contribution >= 0.6 is 11.8 Å². The minimum atomic E-state index is 0.602. The van der Waals surface area contributed by atoms with Crippen molar-refractivity contribution in [1.29, 1.82) is 0 Å². The highest BCUT2D eigenvalue weighted by atomic mass is 32.2. The second kappa shape index (κ2) is 5.44. The Bertz CT molecular complexity index is 576. The molecule has 0 aliphatic carbocycles. The van der Waals surface area contributed by atoms with Gasteiger partial charge in [0.15, 0.2) is 0 Å². The molecule has 2 aromatic rings. The van der Waals surface area contributed by atoms with E-state index in [1.54, 1.807) is 37.7 Å². The van der Waals surface area contributed by atoms with Crippen LogP contribution in [0.1, 0.15) is 0 Å². The second-order valence-electron chi connectivity index (χ2n) is 3.99. The number of benzene rings is 1. The first kappa shape index (κ1) is 13.6. The normalized spacial score (nSPS) is 10.5. The van der Waals surface area contributed by atoms with Gasteiger partial charge in [0, 0.05) is 18.7 Å². The molecule has 0 saturated heterocycles. The van der Waals surface area contributed by atoms with Crippen molar-refractivity contribution >= 4 is 17.6 Å². The van der Waals surface area contributed by atoms with Gasteiger partial charge in [-0.25, -0.2) is 0 Å². The predicted molar refractivity (Wildman–Crippen MR) is 77.9 cm³/mol. The summed E-state index contributed by atoms with van der Waals surface area (Å²) in [5, 5.41) is 4.37. The van der Waals surface area contributed by atoms with Gasteiger partial charge in [0.25, 0.3) is 0 Å². The molecular weight excluding hydrogens is 262 g/mol. The van der Waals surface area contributed by atoms with Crippen molar-refractivity contribution in [1.82, 2.24) is 9.78 Å². The van der Waals surface area contributed by atoms with E-state index in [4.69, 9.17) is 15.2 Å². The van der Waals surface area contributed by atoms with Gasteiger partial charge in [0.1, 0.15) is 17.3 Å². The lowest BCUT2D eigenvalue weighted by molar-refractivity contribution is 0.395. The number of methoxy groups -OCH3 is 2. The molecule has 5 nitrogen and oxygen atoms in total. The third kappa shape index (κ3) is 2.49. The number of ether oxygens (including phenoxy) is 2. The molecule has 0 aliphatic heterocycles. The van der Waals surface area contributed by atoms with Gasteiger partial charge in [-0.15, -0.1) is 11.8 Å². The molecule has 1 aromatic heterocycles. The number of hydrogen-bond acceptors (Lipinski definition) is 5. The van der Waals surface area contributed by atoms with Crippen molar-refractivity contribution in [2.75, 3.05) is 26.2 Å². The van der Waals surface area contributed by atoms with Crippen LogP contribution in [0, 0.1) is 0 Å². The summed E-state index contributed by atoms with van der Waals surface area (Å²) in [7, 11) is 5.10. The van der Waals surface area contributed by atoms with Crippen LogP contribution in [-0.4, -0.2) is 30.3 Å². The quantitative estimate of drug-likeness (QED) is 0.871. The van der Waals surface area contributed by atoms with Crippen molar-refractivity contribution in [3.05, 3.63) is 18.2 Å². The van der Waals surface area contributed by atoms with Gasteiger partial charge in [-0.2, -0.15) is 5.10 Å². The summed E-state index contributed by atoms with van der Waals surface area (Å²) in [4.78, 5) is 1.02. The maximum Gasteiger partial charge on any atom is 0.133 e. The topological polar surface area (TPSA) is 62.3 Å².